The van der Waals surface area contributed by atoms with Gasteiger partial charge in [0.05, 0.1) is 28.8 Å². The van der Waals surface area contributed by atoms with Crippen molar-refractivity contribution in [2.45, 2.75) is 15.5 Å². The Bertz CT molecular complexity index is 1000. The summed E-state index contributed by atoms with van der Waals surface area (Å²) in [6, 6.07) is 10.7. The van der Waals surface area contributed by atoms with Gasteiger partial charge in [0.25, 0.3) is 5.76 Å². The van der Waals surface area contributed by atoms with Crippen LogP contribution in [0.25, 0.3) is 0 Å². The zero-order valence-corrected chi connectivity index (χ0v) is 18.7. The van der Waals surface area contributed by atoms with Gasteiger partial charge in [-0.1, -0.05) is 23.4 Å². The summed E-state index contributed by atoms with van der Waals surface area (Å²) < 4.78 is 57.0. The molecule has 2 aromatic carbocycles. The smallest absolute Gasteiger partial charge is 0.288 e. The number of sulfonamides is 1. The molecule has 30 heavy (non-hydrogen) atoms. The molecule has 0 aliphatic carbocycles. The van der Waals surface area contributed by atoms with E-state index in [2.05, 4.69) is 10.6 Å². The fourth-order valence-electron chi connectivity index (χ4n) is 2.70. The quantitative estimate of drug-likeness (QED) is 0.454. The minimum Gasteiger partial charge on any atom is -0.379 e. The zero-order valence-electron chi connectivity index (χ0n) is 15.5. The second-order valence-corrected chi connectivity index (χ2v) is 9.96. The van der Waals surface area contributed by atoms with Gasteiger partial charge in [0, 0.05) is 23.7 Å². The van der Waals surface area contributed by atoms with E-state index < -0.39 is 15.8 Å². The molecule has 0 bridgehead atoms. The van der Waals surface area contributed by atoms with E-state index in [4.69, 9.17) is 28.6 Å². The van der Waals surface area contributed by atoms with Crippen molar-refractivity contribution in [1.29, 1.82) is 0 Å². The molecule has 162 valence electrons. The highest BCUT2D eigenvalue weighted by Gasteiger charge is 2.27. The lowest BCUT2D eigenvalue weighted by atomic mass is 10.3. The van der Waals surface area contributed by atoms with Crippen molar-refractivity contribution in [2.75, 3.05) is 36.9 Å². The Morgan fingerprint density at radius 3 is 2.43 bits per heavy atom. The summed E-state index contributed by atoms with van der Waals surface area (Å²) in [4.78, 5) is 0.519. The van der Waals surface area contributed by atoms with Gasteiger partial charge in [0.2, 0.25) is 10.0 Å². The number of benzene rings is 2. The summed E-state index contributed by atoms with van der Waals surface area (Å²) >= 11 is 11.9. The monoisotopic (exact) mass is 493 g/mol. The maximum absolute atomic E-state index is 12.8. The molecule has 6 nitrogen and oxygen atoms in total. The van der Waals surface area contributed by atoms with Gasteiger partial charge in [-0.2, -0.15) is 13.1 Å². The van der Waals surface area contributed by atoms with E-state index in [1.165, 1.54) is 22.5 Å². The molecule has 1 saturated heterocycles. The van der Waals surface area contributed by atoms with Crippen LogP contribution in [-0.4, -0.2) is 49.9 Å². The van der Waals surface area contributed by atoms with Crippen LogP contribution < -0.4 is 10.6 Å². The number of nitrogens with one attached hydrogen (secondary N) is 2. The zero-order chi connectivity index (χ0) is 21.7. The van der Waals surface area contributed by atoms with Crippen molar-refractivity contribution < 1.29 is 21.9 Å². The second-order valence-electron chi connectivity index (χ2n) is 6.14. The number of hydrogen-bond acceptors (Lipinski definition) is 5. The second kappa shape index (κ2) is 10.2. The Hall–Kier alpha value is -1.50. The summed E-state index contributed by atoms with van der Waals surface area (Å²) in [5.41, 5.74) is 0.910. The van der Waals surface area contributed by atoms with Crippen LogP contribution >= 0.6 is 35.6 Å². The molecule has 1 heterocycles. The van der Waals surface area contributed by atoms with Crippen LogP contribution in [0.5, 0.6) is 0 Å². The number of thioether (sulfide) groups is 1. The molecule has 0 amide bonds. The van der Waals surface area contributed by atoms with E-state index in [-0.39, 0.29) is 23.1 Å². The highest BCUT2D eigenvalue weighted by molar-refractivity contribution is 7.99. The van der Waals surface area contributed by atoms with Crippen LogP contribution in [0, 0.1) is 0 Å². The molecule has 1 aliphatic rings. The van der Waals surface area contributed by atoms with Crippen LogP contribution in [0.15, 0.2) is 52.3 Å². The molecule has 0 atom stereocenters. The summed E-state index contributed by atoms with van der Waals surface area (Å²) in [5.74, 6) is -2.49. The molecule has 12 heteroatoms. The number of morpholine rings is 1. The number of alkyl halides is 2. The minimum atomic E-state index is -3.68. The third-order valence-electron chi connectivity index (χ3n) is 4.13. The van der Waals surface area contributed by atoms with Gasteiger partial charge in [-0.3, -0.25) is 0 Å². The first-order chi connectivity index (χ1) is 14.3. The van der Waals surface area contributed by atoms with E-state index in [9.17, 15) is 17.2 Å². The van der Waals surface area contributed by atoms with E-state index in [1.54, 1.807) is 24.3 Å². The molecule has 2 N–H and O–H groups in total. The summed E-state index contributed by atoms with van der Waals surface area (Å²) in [7, 11) is -3.68. The third-order valence-corrected chi connectivity index (χ3v) is 7.28. The Morgan fingerprint density at radius 2 is 1.80 bits per heavy atom. The number of rotatable bonds is 6. The molecule has 0 radical (unpaired) electrons. The van der Waals surface area contributed by atoms with Gasteiger partial charge < -0.3 is 15.4 Å². The molecule has 0 unspecified atom stereocenters. The Labute approximate surface area is 188 Å². The van der Waals surface area contributed by atoms with E-state index in [0.29, 0.717) is 46.3 Å². The first kappa shape index (κ1) is 23.2. The Kier molecular flexibility index (Phi) is 7.88. The number of hydrogen-bond donors (Lipinski definition) is 2. The van der Waals surface area contributed by atoms with E-state index in [1.807, 2.05) is 0 Å². The van der Waals surface area contributed by atoms with Crippen LogP contribution in [-0.2, 0) is 14.8 Å². The van der Waals surface area contributed by atoms with E-state index in [0.717, 1.165) is 0 Å². The van der Waals surface area contributed by atoms with Gasteiger partial charge in [-0.15, -0.1) is 0 Å². The molecular formula is C18H18ClF2N3O3S3. The lowest BCUT2D eigenvalue weighted by Gasteiger charge is -2.26. The highest BCUT2D eigenvalue weighted by Crippen LogP contribution is 2.28. The summed E-state index contributed by atoms with van der Waals surface area (Å²) in [5, 5.41) is 6.25. The van der Waals surface area contributed by atoms with Crippen molar-refractivity contribution in [3.05, 3.63) is 47.5 Å². The predicted molar refractivity (Wildman–Crippen MR) is 119 cm³/mol. The lowest BCUT2D eigenvalue weighted by Crippen LogP contribution is -2.40. The maximum atomic E-state index is 12.8. The van der Waals surface area contributed by atoms with Crippen molar-refractivity contribution in [1.82, 2.24) is 4.31 Å². The molecule has 0 spiro atoms. The Morgan fingerprint density at radius 1 is 1.13 bits per heavy atom. The summed E-state index contributed by atoms with van der Waals surface area (Å²) in [6.45, 7) is 1.27. The normalized spacial score (nSPS) is 15.2. The van der Waals surface area contributed by atoms with Crippen molar-refractivity contribution in [3.63, 3.8) is 0 Å². The number of halogens is 3. The summed E-state index contributed by atoms with van der Waals surface area (Å²) in [6.07, 6.45) is 0. The molecule has 1 aliphatic heterocycles. The maximum Gasteiger partial charge on any atom is 0.288 e. The van der Waals surface area contributed by atoms with Crippen LogP contribution in [0.3, 0.4) is 0 Å². The number of anilines is 2. The first-order valence-electron chi connectivity index (χ1n) is 8.76. The molecule has 0 saturated carbocycles. The van der Waals surface area contributed by atoms with Crippen LogP contribution in [0.4, 0.5) is 20.2 Å². The number of ether oxygens (including phenoxy) is 1. The fourth-order valence-corrected chi connectivity index (χ4v) is 5.03. The van der Waals surface area contributed by atoms with Gasteiger partial charge in [-0.25, -0.2) is 8.42 Å². The van der Waals surface area contributed by atoms with Gasteiger partial charge in [0.1, 0.15) is 0 Å². The molecule has 2 aromatic rings. The molecule has 1 fully saturated rings. The SMILES string of the molecule is O=S(=O)(c1ccc(Cl)c(NC(=S)Nc2ccc(SC(F)F)cc2)c1)N1CCOCC1. The highest BCUT2D eigenvalue weighted by atomic mass is 35.5. The average Bonchev–Trinajstić information content (AvgIpc) is 2.71. The topological polar surface area (TPSA) is 70.7 Å². The van der Waals surface area contributed by atoms with Crippen molar-refractivity contribution >= 4 is 62.1 Å². The van der Waals surface area contributed by atoms with Crippen LogP contribution in [0.2, 0.25) is 5.02 Å². The minimum absolute atomic E-state index is 0.0903. The first-order valence-corrected chi connectivity index (χ1v) is 11.9. The fraction of sp³-hybridized carbons (Fsp3) is 0.278. The largest absolute Gasteiger partial charge is 0.379 e. The third kappa shape index (κ3) is 6.02. The van der Waals surface area contributed by atoms with E-state index >= 15 is 0 Å². The van der Waals surface area contributed by atoms with Crippen molar-refractivity contribution in [3.8, 4) is 0 Å². The lowest BCUT2D eigenvalue weighted by molar-refractivity contribution is 0.0730. The molecular weight excluding hydrogens is 476 g/mol. The molecule has 0 aromatic heterocycles. The molecule has 3 rings (SSSR count). The van der Waals surface area contributed by atoms with Gasteiger partial charge >= 0.3 is 0 Å². The van der Waals surface area contributed by atoms with Gasteiger partial charge in [-0.05, 0) is 54.7 Å². The standard InChI is InChI=1S/C18H18ClF2N3O3S3/c19-15-6-5-14(30(25,26)24-7-9-27-10-8-24)11-16(15)23-18(28)22-12-1-3-13(4-2-12)29-17(20)21/h1-6,11,17H,7-10H2,(H2,22,23,28). The average molecular weight is 494 g/mol. The number of thiocarbonyl (C=S) groups is 1. The Balaban J connectivity index is 1.70. The predicted octanol–water partition coefficient (Wildman–Crippen LogP) is 4.48. The van der Waals surface area contributed by atoms with Crippen LogP contribution in [0.1, 0.15) is 0 Å². The van der Waals surface area contributed by atoms with Crippen molar-refractivity contribution in [2.24, 2.45) is 0 Å². The number of nitrogens with zero attached hydrogens (tertiary/aromatic N) is 1. The van der Waals surface area contributed by atoms with Gasteiger partial charge in [0.15, 0.2) is 5.11 Å².